The first-order valence-electron chi connectivity index (χ1n) is 12.4. The fourth-order valence-corrected chi connectivity index (χ4v) is 5.82. The van der Waals surface area contributed by atoms with Crippen molar-refractivity contribution < 1.29 is 37.4 Å². The average Bonchev–Trinajstić information content (AvgIpc) is 3.41. The molecule has 1 aromatic carbocycles. The van der Waals surface area contributed by atoms with Gasteiger partial charge in [-0.05, 0) is 52.0 Å². The van der Waals surface area contributed by atoms with Crippen molar-refractivity contribution >= 4 is 25.1 Å². The summed E-state index contributed by atoms with van der Waals surface area (Å²) in [6.07, 6.45) is -2.70. The van der Waals surface area contributed by atoms with E-state index in [-0.39, 0.29) is 17.3 Å². The molecule has 1 saturated heterocycles. The van der Waals surface area contributed by atoms with Gasteiger partial charge in [0.1, 0.15) is 41.9 Å². The van der Waals surface area contributed by atoms with Crippen LogP contribution in [-0.4, -0.2) is 62.3 Å². The van der Waals surface area contributed by atoms with Gasteiger partial charge in [0, 0.05) is 0 Å². The first-order chi connectivity index (χ1) is 18.8. The minimum atomic E-state index is -4.36. The topological polar surface area (TPSA) is 183 Å². The van der Waals surface area contributed by atoms with E-state index in [1.165, 1.54) is 35.7 Å². The van der Waals surface area contributed by atoms with E-state index >= 15 is 4.39 Å². The summed E-state index contributed by atoms with van der Waals surface area (Å²) in [6, 6.07) is 11.6. The number of rotatable bonds is 10. The summed E-state index contributed by atoms with van der Waals surface area (Å²) in [5.74, 6) is -0.480. The van der Waals surface area contributed by atoms with Gasteiger partial charge in [-0.2, -0.15) is 15.4 Å². The Morgan fingerprint density at radius 2 is 2.02 bits per heavy atom. The molecule has 3 heterocycles. The molecule has 214 valence electrons. The molecule has 0 radical (unpaired) electrons. The monoisotopic (exact) mass is 576 g/mol. The van der Waals surface area contributed by atoms with Crippen LogP contribution in [0.3, 0.4) is 0 Å². The molecular formula is C25H30FN6O7P. The SMILES string of the molecule is CC(C)OC(=O)C(C)NP(=O)(OCC1OC(C#N)(c2ccc3c(N)ncnn23)C(C)(F)C1O)Oc1ccccc1. The zero-order chi connectivity index (χ0) is 29.3. The zero-order valence-corrected chi connectivity index (χ0v) is 23.1. The molecule has 2 aromatic heterocycles. The highest BCUT2D eigenvalue weighted by atomic mass is 31.2. The van der Waals surface area contributed by atoms with Gasteiger partial charge in [0.15, 0.2) is 11.5 Å². The van der Waals surface area contributed by atoms with Crippen LogP contribution in [0.15, 0.2) is 48.8 Å². The summed E-state index contributed by atoms with van der Waals surface area (Å²) in [5, 5.41) is 27.7. The Morgan fingerprint density at radius 3 is 2.67 bits per heavy atom. The lowest BCUT2D eigenvalue weighted by Crippen LogP contribution is -2.48. The minimum Gasteiger partial charge on any atom is -0.462 e. The molecule has 1 fully saturated rings. The number of fused-ring (bicyclic) bond motifs is 1. The molecule has 13 nitrogen and oxygen atoms in total. The number of para-hydroxylation sites is 1. The van der Waals surface area contributed by atoms with Gasteiger partial charge in [-0.1, -0.05) is 18.2 Å². The Kier molecular flexibility index (Phi) is 8.16. The number of alkyl halides is 1. The van der Waals surface area contributed by atoms with E-state index in [2.05, 4.69) is 15.2 Å². The van der Waals surface area contributed by atoms with E-state index in [4.69, 9.17) is 24.3 Å². The maximum absolute atomic E-state index is 16.3. The Balaban J connectivity index is 1.61. The molecule has 15 heteroatoms. The molecule has 4 N–H and O–H groups in total. The summed E-state index contributed by atoms with van der Waals surface area (Å²) >= 11 is 0. The van der Waals surface area contributed by atoms with Gasteiger partial charge in [0.05, 0.1) is 18.4 Å². The van der Waals surface area contributed by atoms with Gasteiger partial charge in [-0.15, -0.1) is 0 Å². The second-order valence-electron chi connectivity index (χ2n) is 9.66. The number of nitrogens with one attached hydrogen (secondary N) is 1. The van der Waals surface area contributed by atoms with Gasteiger partial charge in [-0.25, -0.2) is 18.5 Å². The molecule has 3 aromatic rings. The summed E-state index contributed by atoms with van der Waals surface area (Å²) < 4.78 is 53.4. The number of nitrogens with zero attached hydrogens (tertiary/aromatic N) is 4. The zero-order valence-electron chi connectivity index (χ0n) is 22.2. The van der Waals surface area contributed by atoms with E-state index in [9.17, 15) is 19.7 Å². The number of hydrogen-bond donors (Lipinski definition) is 3. The number of aliphatic hydroxyl groups is 1. The number of ether oxygens (including phenoxy) is 2. The molecule has 0 saturated carbocycles. The van der Waals surface area contributed by atoms with Crippen LogP contribution in [-0.2, 0) is 29.0 Å². The third kappa shape index (κ3) is 5.39. The predicted octanol–water partition coefficient (Wildman–Crippen LogP) is 2.65. The van der Waals surface area contributed by atoms with Crippen LogP contribution in [0, 0.1) is 11.3 Å². The second kappa shape index (κ2) is 11.1. The molecule has 40 heavy (non-hydrogen) atoms. The molecule has 0 aliphatic carbocycles. The van der Waals surface area contributed by atoms with Crippen molar-refractivity contribution in [3.05, 3.63) is 54.5 Å². The number of aromatic nitrogens is 3. The van der Waals surface area contributed by atoms with E-state index < -0.39 is 55.9 Å². The quantitative estimate of drug-likeness (QED) is 0.237. The van der Waals surface area contributed by atoms with Crippen LogP contribution in [0.1, 0.15) is 33.4 Å². The smallest absolute Gasteiger partial charge is 0.459 e. The van der Waals surface area contributed by atoms with Crippen molar-refractivity contribution in [3.63, 3.8) is 0 Å². The van der Waals surface area contributed by atoms with Crippen LogP contribution in [0.2, 0.25) is 0 Å². The van der Waals surface area contributed by atoms with Crippen molar-refractivity contribution in [2.24, 2.45) is 0 Å². The number of carbonyl (C=O) groups excluding carboxylic acids is 1. The molecule has 0 amide bonds. The van der Waals surface area contributed by atoms with E-state index in [0.29, 0.717) is 5.52 Å². The normalized spacial score (nSPS) is 26.8. The Hall–Kier alpha value is -3.60. The molecule has 6 unspecified atom stereocenters. The first-order valence-corrected chi connectivity index (χ1v) is 13.9. The maximum Gasteiger partial charge on any atom is 0.459 e. The van der Waals surface area contributed by atoms with Crippen LogP contribution in [0.5, 0.6) is 5.75 Å². The fourth-order valence-electron chi connectivity index (χ4n) is 4.32. The van der Waals surface area contributed by atoms with E-state index in [0.717, 1.165) is 13.3 Å². The highest BCUT2D eigenvalue weighted by molar-refractivity contribution is 7.52. The minimum absolute atomic E-state index is 0.0439. The van der Waals surface area contributed by atoms with Crippen LogP contribution in [0.25, 0.3) is 5.52 Å². The average molecular weight is 577 g/mol. The number of nitrogens with two attached hydrogens (primary N) is 1. The van der Waals surface area contributed by atoms with Crippen molar-refractivity contribution in [2.75, 3.05) is 12.3 Å². The fraction of sp³-hybridized carbons (Fsp3) is 0.440. The highest BCUT2D eigenvalue weighted by Gasteiger charge is 2.67. The number of aliphatic hydroxyl groups excluding tert-OH is 1. The van der Waals surface area contributed by atoms with Gasteiger partial charge >= 0.3 is 13.7 Å². The molecule has 0 bridgehead atoms. The number of hydrogen-bond acceptors (Lipinski definition) is 11. The van der Waals surface area contributed by atoms with Gasteiger partial charge < -0.3 is 24.8 Å². The largest absolute Gasteiger partial charge is 0.462 e. The van der Waals surface area contributed by atoms with Gasteiger partial charge in [0.2, 0.25) is 5.60 Å². The maximum atomic E-state index is 16.3. The molecule has 6 atom stereocenters. The number of anilines is 1. The molecule has 1 aliphatic rings. The third-order valence-electron chi connectivity index (χ3n) is 6.36. The first kappa shape index (κ1) is 29.4. The highest BCUT2D eigenvalue weighted by Crippen LogP contribution is 2.51. The Morgan fingerprint density at radius 1 is 1.32 bits per heavy atom. The molecule has 1 aliphatic heterocycles. The second-order valence-corrected chi connectivity index (χ2v) is 11.4. The summed E-state index contributed by atoms with van der Waals surface area (Å²) in [4.78, 5) is 16.3. The van der Waals surface area contributed by atoms with Gasteiger partial charge in [0.25, 0.3) is 0 Å². The van der Waals surface area contributed by atoms with Crippen molar-refractivity contribution in [1.29, 1.82) is 5.26 Å². The van der Waals surface area contributed by atoms with E-state index in [1.54, 1.807) is 32.0 Å². The molecule has 4 rings (SSSR count). The number of esters is 1. The van der Waals surface area contributed by atoms with Gasteiger partial charge in [-0.3, -0.25) is 9.32 Å². The summed E-state index contributed by atoms with van der Waals surface area (Å²) in [5.41, 5.74) is 1.09. The standard InChI is InChI=1S/C25H30FN6O7P/c1-15(2)37-23(34)16(3)31-40(35,39-17-8-6-5-7-9-17)36-12-19-21(33)24(4,26)25(13-27,38-19)20-11-10-18-22(28)29-14-30-32(18)20/h5-11,14-16,19,21,33H,12H2,1-4H3,(H,31,35)(H2,28,29,30). The number of carbonyl (C=O) groups is 1. The van der Waals surface area contributed by atoms with Crippen LogP contribution in [0.4, 0.5) is 10.2 Å². The van der Waals surface area contributed by atoms with Crippen molar-refractivity contribution in [2.45, 2.75) is 63.3 Å². The van der Waals surface area contributed by atoms with E-state index in [1.807, 2.05) is 6.07 Å². The number of nitriles is 1. The number of benzene rings is 1. The van der Waals surface area contributed by atoms with Crippen molar-refractivity contribution in [3.8, 4) is 11.8 Å². The Bertz CT molecular complexity index is 1460. The predicted molar refractivity (Wildman–Crippen MR) is 140 cm³/mol. The van der Waals surface area contributed by atoms with Crippen LogP contribution >= 0.6 is 7.75 Å². The number of halogens is 1. The molecular weight excluding hydrogens is 546 g/mol. The number of nitrogen functional groups attached to an aromatic ring is 1. The lowest BCUT2D eigenvalue weighted by atomic mass is 9.82. The molecule has 0 spiro atoms. The van der Waals surface area contributed by atoms with Crippen LogP contribution < -0.4 is 15.3 Å². The Labute approximate surface area is 229 Å². The third-order valence-corrected chi connectivity index (χ3v) is 8.00. The lowest BCUT2D eigenvalue weighted by molar-refractivity contribution is -0.149. The summed E-state index contributed by atoms with van der Waals surface area (Å²) in [7, 11) is -4.36. The lowest BCUT2D eigenvalue weighted by Gasteiger charge is -2.30. The summed E-state index contributed by atoms with van der Waals surface area (Å²) in [6.45, 7) is 5.04. The van der Waals surface area contributed by atoms with Crippen molar-refractivity contribution in [1.82, 2.24) is 19.7 Å².